The molecule has 0 saturated heterocycles. The number of hydrogen-bond donors (Lipinski definition) is 2. The molecule has 164 valence electrons. The second kappa shape index (κ2) is 8.19. The maximum absolute atomic E-state index is 13.0. The van der Waals surface area contributed by atoms with Gasteiger partial charge >= 0.3 is 6.18 Å². The topological polar surface area (TPSA) is 87.7 Å². The van der Waals surface area contributed by atoms with E-state index in [1.807, 2.05) is 6.92 Å². The maximum atomic E-state index is 13.0. The Labute approximate surface area is 184 Å². The number of carbonyl (C=O) groups excluding carboxylic acids is 1. The van der Waals surface area contributed by atoms with Crippen molar-refractivity contribution in [2.45, 2.75) is 26.4 Å². The third-order valence-corrected chi connectivity index (χ3v) is 6.05. The number of H-pyrrole nitrogens is 1. The van der Waals surface area contributed by atoms with Crippen LogP contribution < -0.4 is 10.9 Å². The molecule has 4 aromatic rings. The van der Waals surface area contributed by atoms with Crippen LogP contribution in [0.4, 0.5) is 18.9 Å². The third kappa shape index (κ3) is 4.26. The first-order valence-corrected chi connectivity index (χ1v) is 10.5. The number of halogens is 3. The van der Waals surface area contributed by atoms with Gasteiger partial charge in [-0.25, -0.2) is 9.97 Å². The molecular formula is C22H17F3N4O2S. The van der Waals surface area contributed by atoms with Crippen LogP contribution in [0.15, 0.2) is 47.3 Å². The number of aromatic amines is 1. The van der Waals surface area contributed by atoms with Crippen molar-refractivity contribution >= 4 is 33.1 Å². The van der Waals surface area contributed by atoms with Crippen molar-refractivity contribution in [1.29, 1.82) is 0 Å². The summed E-state index contributed by atoms with van der Waals surface area (Å²) in [6.07, 6.45) is -3.96. The van der Waals surface area contributed by atoms with Crippen molar-refractivity contribution in [1.82, 2.24) is 15.0 Å². The molecule has 1 aromatic carbocycles. The molecule has 2 N–H and O–H groups in total. The average molecular weight is 458 g/mol. The smallest absolute Gasteiger partial charge is 0.321 e. The summed E-state index contributed by atoms with van der Waals surface area (Å²) in [7, 11) is 0. The Morgan fingerprint density at radius 3 is 2.66 bits per heavy atom. The normalized spacial score (nSPS) is 11.7. The van der Waals surface area contributed by atoms with Gasteiger partial charge in [0.2, 0.25) is 0 Å². The number of nitrogens with zero attached hydrogens (tertiary/aromatic N) is 2. The molecule has 0 aliphatic carbocycles. The Hall–Kier alpha value is -3.53. The molecule has 0 saturated carbocycles. The summed E-state index contributed by atoms with van der Waals surface area (Å²) in [5, 5.41) is 3.26. The first kappa shape index (κ1) is 21.7. The molecule has 3 heterocycles. The monoisotopic (exact) mass is 458 g/mol. The summed E-state index contributed by atoms with van der Waals surface area (Å²) in [6, 6.07) is 10.5. The van der Waals surface area contributed by atoms with Gasteiger partial charge in [-0.05, 0) is 43.2 Å². The Bertz CT molecular complexity index is 1390. The summed E-state index contributed by atoms with van der Waals surface area (Å²) in [5.41, 5.74) is 0.999. The Balaban J connectivity index is 1.64. The minimum Gasteiger partial charge on any atom is -0.321 e. The lowest BCUT2D eigenvalue weighted by Crippen LogP contribution is -2.12. The highest BCUT2D eigenvalue weighted by Gasteiger charge is 2.33. The number of nitrogens with one attached hydrogen (secondary N) is 2. The number of hydrogen-bond acceptors (Lipinski definition) is 5. The van der Waals surface area contributed by atoms with Crippen LogP contribution in [0.5, 0.6) is 0 Å². The van der Waals surface area contributed by atoms with Gasteiger partial charge in [-0.2, -0.15) is 13.2 Å². The Morgan fingerprint density at radius 2 is 1.94 bits per heavy atom. The molecule has 6 nitrogen and oxygen atoms in total. The molecule has 0 atom stereocenters. The summed E-state index contributed by atoms with van der Waals surface area (Å²) in [4.78, 5) is 35.9. The summed E-state index contributed by atoms with van der Waals surface area (Å²) in [5.74, 6) is -0.0765. The summed E-state index contributed by atoms with van der Waals surface area (Å²) in [6.45, 7) is 3.56. The van der Waals surface area contributed by atoms with Gasteiger partial charge in [0.1, 0.15) is 16.3 Å². The van der Waals surface area contributed by atoms with E-state index < -0.39 is 17.8 Å². The number of benzene rings is 1. The molecule has 3 aromatic heterocycles. The largest absolute Gasteiger partial charge is 0.433 e. The van der Waals surface area contributed by atoms with Crippen molar-refractivity contribution in [3.63, 3.8) is 0 Å². The molecule has 0 aliphatic heterocycles. The van der Waals surface area contributed by atoms with Crippen molar-refractivity contribution in [3.8, 4) is 11.4 Å². The number of amides is 1. The quantitative estimate of drug-likeness (QED) is 0.441. The lowest BCUT2D eigenvalue weighted by molar-refractivity contribution is -0.140. The fraction of sp³-hybridized carbons (Fsp3) is 0.182. The van der Waals surface area contributed by atoms with Gasteiger partial charge in [0, 0.05) is 28.4 Å². The molecule has 0 aliphatic rings. The molecule has 0 radical (unpaired) electrons. The first-order chi connectivity index (χ1) is 15.2. The minimum atomic E-state index is -4.56. The van der Waals surface area contributed by atoms with E-state index in [1.165, 1.54) is 12.1 Å². The zero-order valence-electron chi connectivity index (χ0n) is 17.0. The zero-order chi connectivity index (χ0) is 23.0. The second-order valence-electron chi connectivity index (χ2n) is 7.08. The van der Waals surface area contributed by atoms with Crippen LogP contribution in [-0.2, 0) is 12.6 Å². The number of aromatic nitrogens is 3. The van der Waals surface area contributed by atoms with Gasteiger partial charge < -0.3 is 10.3 Å². The van der Waals surface area contributed by atoms with Crippen LogP contribution in [0, 0.1) is 6.92 Å². The van der Waals surface area contributed by atoms with Crippen LogP contribution in [-0.4, -0.2) is 20.9 Å². The van der Waals surface area contributed by atoms with E-state index in [-0.39, 0.29) is 15.3 Å². The highest BCUT2D eigenvalue weighted by atomic mass is 32.1. The molecule has 0 unspecified atom stereocenters. The standard InChI is InChI=1S/C22H17F3N4O2S/c1-3-13-10-17(30)29-19(26-13)12-5-4-6-14(9-12)27-20(31)18-11(2)15-7-8-16(22(23,24)25)28-21(15)32-18/h4-10H,3H2,1-2H3,(H,27,31)(H,26,29,30). The van der Waals surface area contributed by atoms with Crippen LogP contribution in [0.25, 0.3) is 21.6 Å². The first-order valence-electron chi connectivity index (χ1n) is 9.65. The molecule has 0 spiro atoms. The lowest BCUT2D eigenvalue weighted by atomic mass is 10.1. The van der Waals surface area contributed by atoms with E-state index in [0.717, 1.165) is 17.4 Å². The number of anilines is 1. The molecule has 1 amide bonds. The van der Waals surface area contributed by atoms with Gasteiger partial charge in [0.15, 0.2) is 0 Å². The number of thiophene rings is 1. The SMILES string of the molecule is CCc1cc(=O)[nH]c(-c2cccc(NC(=O)c3sc4nc(C(F)(F)F)ccc4c3C)c2)n1. The molecule has 0 fully saturated rings. The number of pyridine rings is 1. The van der Waals surface area contributed by atoms with E-state index in [1.54, 1.807) is 31.2 Å². The van der Waals surface area contributed by atoms with Crippen molar-refractivity contribution < 1.29 is 18.0 Å². The van der Waals surface area contributed by atoms with E-state index >= 15 is 0 Å². The molecule has 10 heteroatoms. The van der Waals surface area contributed by atoms with Gasteiger partial charge in [-0.1, -0.05) is 19.1 Å². The van der Waals surface area contributed by atoms with Crippen molar-refractivity contribution in [2.75, 3.05) is 5.32 Å². The molecule has 32 heavy (non-hydrogen) atoms. The summed E-state index contributed by atoms with van der Waals surface area (Å²) < 4.78 is 38.9. The predicted molar refractivity (Wildman–Crippen MR) is 117 cm³/mol. The minimum absolute atomic E-state index is 0.148. The zero-order valence-corrected chi connectivity index (χ0v) is 17.8. The van der Waals surface area contributed by atoms with E-state index in [9.17, 15) is 22.8 Å². The second-order valence-corrected chi connectivity index (χ2v) is 8.08. The van der Waals surface area contributed by atoms with Crippen molar-refractivity contribution in [2.24, 2.45) is 0 Å². The van der Waals surface area contributed by atoms with E-state index in [2.05, 4.69) is 20.3 Å². The Kier molecular flexibility index (Phi) is 5.55. The van der Waals surface area contributed by atoms with Crippen LogP contribution in [0.2, 0.25) is 0 Å². The van der Waals surface area contributed by atoms with Gasteiger partial charge in [0.25, 0.3) is 11.5 Å². The van der Waals surface area contributed by atoms with Gasteiger partial charge in [-0.3, -0.25) is 9.59 Å². The highest BCUT2D eigenvalue weighted by molar-refractivity contribution is 7.20. The molecular weight excluding hydrogens is 441 g/mol. The van der Waals surface area contributed by atoms with Crippen molar-refractivity contribution in [3.05, 3.63) is 74.6 Å². The maximum Gasteiger partial charge on any atom is 0.433 e. The summed E-state index contributed by atoms with van der Waals surface area (Å²) >= 11 is 0.906. The highest BCUT2D eigenvalue weighted by Crippen LogP contribution is 2.34. The van der Waals surface area contributed by atoms with Crippen LogP contribution in [0.1, 0.15) is 33.5 Å². The van der Waals surface area contributed by atoms with E-state index in [4.69, 9.17) is 0 Å². The number of alkyl halides is 3. The molecule has 4 rings (SSSR count). The molecule has 0 bridgehead atoms. The van der Waals surface area contributed by atoms with Gasteiger partial charge in [-0.15, -0.1) is 11.3 Å². The number of rotatable bonds is 4. The number of aryl methyl sites for hydroxylation is 2. The van der Waals surface area contributed by atoms with E-state index in [0.29, 0.717) is 40.1 Å². The fourth-order valence-corrected chi connectivity index (χ4v) is 4.31. The number of carbonyl (C=O) groups is 1. The average Bonchev–Trinajstić information content (AvgIpc) is 3.09. The fourth-order valence-electron chi connectivity index (χ4n) is 3.23. The third-order valence-electron chi connectivity index (χ3n) is 4.85. The predicted octanol–water partition coefficient (Wildman–Crippen LogP) is 5.19. The van der Waals surface area contributed by atoms with Crippen LogP contribution in [0.3, 0.4) is 0 Å². The van der Waals surface area contributed by atoms with Crippen LogP contribution >= 0.6 is 11.3 Å². The number of fused-ring (bicyclic) bond motifs is 1. The van der Waals surface area contributed by atoms with Gasteiger partial charge in [0.05, 0.1) is 4.88 Å². The Morgan fingerprint density at radius 1 is 1.16 bits per heavy atom. The lowest BCUT2D eigenvalue weighted by Gasteiger charge is -2.08.